The average Bonchev–Trinajstić information content (AvgIpc) is 3.35. The van der Waals surface area contributed by atoms with Crippen molar-refractivity contribution in [1.82, 2.24) is 4.90 Å². The van der Waals surface area contributed by atoms with Crippen LogP contribution in [-0.4, -0.2) is 29.0 Å². The van der Waals surface area contributed by atoms with E-state index in [2.05, 4.69) is 5.32 Å². The number of nitrogens with zero attached hydrogens (tertiary/aromatic N) is 2. The van der Waals surface area contributed by atoms with E-state index in [1.165, 1.54) is 0 Å². The Hall–Kier alpha value is -3.73. The molecule has 1 saturated heterocycles. The van der Waals surface area contributed by atoms with E-state index < -0.39 is 5.92 Å². The number of anilines is 1. The minimum absolute atomic E-state index is 0.0670. The van der Waals surface area contributed by atoms with Crippen LogP contribution in [0.2, 0.25) is 0 Å². The summed E-state index contributed by atoms with van der Waals surface area (Å²) in [6, 6.07) is 25.5. The predicted molar refractivity (Wildman–Crippen MR) is 122 cm³/mol. The summed E-state index contributed by atoms with van der Waals surface area (Å²) in [5.41, 5.74) is 5.23. The quantitative estimate of drug-likeness (QED) is 0.623. The summed E-state index contributed by atoms with van der Waals surface area (Å²) >= 11 is 0. The van der Waals surface area contributed by atoms with Gasteiger partial charge in [-0.15, -0.1) is 0 Å². The van der Waals surface area contributed by atoms with Gasteiger partial charge >= 0.3 is 0 Å². The monoisotopic (exact) mass is 409 g/mol. The standard InChI is InChI=1S/C26H23N3O2/c30-23-14-7-15-29(23)17-18-8-6-11-20(16-18)27-25(19-9-2-1-3-10-19)24-21-12-4-5-13-22(21)28-26(24)31/h1-6,8-13,16,24H,7,14-15,17H2,(H,28,31). The minimum atomic E-state index is -0.470. The van der Waals surface area contributed by atoms with Gasteiger partial charge in [0.1, 0.15) is 5.92 Å². The fourth-order valence-corrected chi connectivity index (χ4v) is 4.34. The molecule has 0 radical (unpaired) electrons. The second-order valence-electron chi connectivity index (χ2n) is 7.96. The maximum atomic E-state index is 12.9. The molecule has 5 nitrogen and oxygen atoms in total. The van der Waals surface area contributed by atoms with Gasteiger partial charge in [-0.2, -0.15) is 0 Å². The number of amides is 2. The molecule has 0 aliphatic carbocycles. The van der Waals surface area contributed by atoms with Gasteiger partial charge in [-0.3, -0.25) is 14.6 Å². The van der Waals surface area contributed by atoms with E-state index in [0.717, 1.165) is 46.7 Å². The number of hydrogen-bond acceptors (Lipinski definition) is 3. The molecule has 2 heterocycles. The van der Waals surface area contributed by atoms with Crippen LogP contribution in [0.3, 0.4) is 0 Å². The van der Waals surface area contributed by atoms with Crippen molar-refractivity contribution < 1.29 is 9.59 Å². The molecule has 1 fully saturated rings. The van der Waals surface area contributed by atoms with E-state index in [-0.39, 0.29) is 11.8 Å². The molecule has 0 spiro atoms. The summed E-state index contributed by atoms with van der Waals surface area (Å²) in [5.74, 6) is -0.330. The number of likely N-dealkylation sites (tertiary alicyclic amines) is 1. The van der Waals surface area contributed by atoms with Crippen LogP contribution >= 0.6 is 0 Å². The fourth-order valence-electron chi connectivity index (χ4n) is 4.34. The molecule has 2 aliphatic heterocycles. The molecular weight excluding hydrogens is 386 g/mol. The van der Waals surface area contributed by atoms with Gasteiger partial charge < -0.3 is 10.2 Å². The number of rotatable bonds is 5. The second-order valence-corrected chi connectivity index (χ2v) is 7.96. The number of benzene rings is 3. The lowest BCUT2D eigenvalue weighted by Gasteiger charge is -2.16. The summed E-state index contributed by atoms with van der Waals surface area (Å²) in [5, 5.41) is 2.98. The summed E-state index contributed by atoms with van der Waals surface area (Å²) in [7, 11) is 0. The lowest BCUT2D eigenvalue weighted by atomic mass is 9.90. The molecule has 1 unspecified atom stereocenters. The van der Waals surface area contributed by atoms with Crippen molar-refractivity contribution in [2.75, 3.05) is 11.9 Å². The van der Waals surface area contributed by atoms with Crippen LogP contribution in [0, 0.1) is 0 Å². The Kier molecular flexibility index (Phi) is 5.08. The summed E-state index contributed by atoms with van der Waals surface area (Å²) in [6.45, 7) is 1.40. The highest BCUT2D eigenvalue weighted by atomic mass is 16.2. The third kappa shape index (κ3) is 3.87. The molecule has 2 aliphatic rings. The molecule has 0 bridgehead atoms. The third-order valence-electron chi connectivity index (χ3n) is 5.84. The molecule has 0 saturated carbocycles. The lowest BCUT2D eigenvalue weighted by molar-refractivity contribution is -0.128. The van der Waals surface area contributed by atoms with Crippen molar-refractivity contribution >= 4 is 28.9 Å². The van der Waals surface area contributed by atoms with Gasteiger partial charge in [-0.1, -0.05) is 60.7 Å². The number of nitrogens with one attached hydrogen (secondary N) is 1. The highest BCUT2D eigenvalue weighted by molar-refractivity contribution is 6.24. The largest absolute Gasteiger partial charge is 0.338 e. The zero-order valence-electron chi connectivity index (χ0n) is 17.1. The van der Waals surface area contributed by atoms with E-state index >= 15 is 0 Å². The normalized spacial score (nSPS) is 18.3. The number of hydrogen-bond donors (Lipinski definition) is 1. The van der Waals surface area contributed by atoms with E-state index in [4.69, 9.17) is 4.99 Å². The Morgan fingerprint density at radius 2 is 1.77 bits per heavy atom. The van der Waals surface area contributed by atoms with Crippen LogP contribution in [0.25, 0.3) is 0 Å². The highest BCUT2D eigenvalue weighted by Gasteiger charge is 2.35. The molecule has 3 aromatic carbocycles. The number of aliphatic imine (C=N–C) groups is 1. The first-order valence-electron chi connectivity index (χ1n) is 10.6. The van der Waals surface area contributed by atoms with Gasteiger partial charge in [0.2, 0.25) is 11.8 Å². The highest BCUT2D eigenvalue weighted by Crippen LogP contribution is 2.36. The molecule has 3 aromatic rings. The van der Waals surface area contributed by atoms with Gasteiger partial charge in [0, 0.05) is 25.2 Å². The Morgan fingerprint density at radius 1 is 0.968 bits per heavy atom. The van der Waals surface area contributed by atoms with Gasteiger partial charge in [-0.05, 0) is 41.3 Å². The Morgan fingerprint density at radius 3 is 2.58 bits per heavy atom. The predicted octanol–water partition coefficient (Wildman–Crippen LogP) is 4.67. The van der Waals surface area contributed by atoms with E-state index in [9.17, 15) is 9.59 Å². The fraction of sp³-hybridized carbons (Fsp3) is 0.192. The summed E-state index contributed by atoms with van der Waals surface area (Å²) in [4.78, 5) is 31.8. The van der Waals surface area contributed by atoms with Crippen LogP contribution < -0.4 is 5.32 Å². The molecule has 0 aromatic heterocycles. The SMILES string of the molecule is O=C1Nc2ccccc2C1C(=Nc1cccc(CN2CCCC2=O)c1)c1ccccc1. The smallest absolute Gasteiger partial charge is 0.238 e. The van der Waals surface area contributed by atoms with Gasteiger partial charge in [0.05, 0.1) is 11.4 Å². The molecule has 154 valence electrons. The number of carbonyl (C=O) groups is 2. The Balaban J connectivity index is 1.55. The zero-order valence-corrected chi connectivity index (χ0v) is 17.1. The molecule has 1 N–H and O–H groups in total. The first kappa shape index (κ1) is 19.2. The van der Waals surface area contributed by atoms with Crippen molar-refractivity contribution in [1.29, 1.82) is 0 Å². The second kappa shape index (κ2) is 8.19. The zero-order chi connectivity index (χ0) is 21.2. The average molecular weight is 409 g/mol. The Labute approximate surface area is 181 Å². The van der Waals surface area contributed by atoms with Crippen LogP contribution in [0.1, 0.15) is 35.4 Å². The number of fused-ring (bicyclic) bond motifs is 1. The van der Waals surface area contributed by atoms with Crippen LogP contribution in [0.5, 0.6) is 0 Å². The van der Waals surface area contributed by atoms with Gasteiger partial charge in [-0.25, -0.2) is 0 Å². The molecular formula is C26H23N3O2. The van der Waals surface area contributed by atoms with Crippen molar-refractivity contribution in [3.63, 3.8) is 0 Å². The molecule has 5 heteroatoms. The first-order valence-corrected chi connectivity index (χ1v) is 10.6. The maximum absolute atomic E-state index is 12.9. The van der Waals surface area contributed by atoms with Gasteiger partial charge in [0.25, 0.3) is 0 Å². The maximum Gasteiger partial charge on any atom is 0.238 e. The van der Waals surface area contributed by atoms with Crippen molar-refractivity contribution in [3.8, 4) is 0 Å². The van der Waals surface area contributed by atoms with E-state index in [0.29, 0.717) is 13.0 Å². The van der Waals surface area contributed by atoms with Crippen LogP contribution in [0.4, 0.5) is 11.4 Å². The molecule has 5 rings (SSSR count). The topological polar surface area (TPSA) is 61.8 Å². The Bertz CT molecular complexity index is 1170. The van der Waals surface area contributed by atoms with Gasteiger partial charge in [0.15, 0.2) is 0 Å². The van der Waals surface area contributed by atoms with Crippen molar-refractivity contribution in [3.05, 3.63) is 95.6 Å². The number of carbonyl (C=O) groups excluding carboxylic acids is 2. The van der Waals surface area contributed by atoms with Crippen molar-refractivity contribution in [2.45, 2.75) is 25.3 Å². The third-order valence-corrected chi connectivity index (χ3v) is 5.84. The van der Waals surface area contributed by atoms with E-state index in [1.54, 1.807) is 0 Å². The van der Waals surface area contributed by atoms with Crippen molar-refractivity contribution in [2.24, 2.45) is 4.99 Å². The van der Waals surface area contributed by atoms with Crippen LogP contribution in [0.15, 0.2) is 83.9 Å². The van der Waals surface area contributed by atoms with E-state index in [1.807, 2.05) is 83.8 Å². The molecule has 1 atom stereocenters. The molecule has 2 amide bonds. The molecule has 31 heavy (non-hydrogen) atoms. The number of para-hydroxylation sites is 1. The first-order chi connectivity index (χ1) is 15.2. The van der Waals surface area contributed by atoms with Crippen LogP contribution in [-0.2, 0) is 16.1 Å². The summed E-state index contributed by atoms with van der Waals surface area (Å²) in [6.07, 6.45) is 1.55. The lowest BCUT2D eigenvalue weighted by Crippen LogP contribution is -2.23. The summed E-state index contributed by atoms with van der Waals surface area (Å²) < 4.78 is 0. The minimum Gasteiger partial charge on any atom is -0.338 e.